The number of nitrogens with zero attached hydrogens (tertiary/aromatic N) is 1. The van der Waals surface area contributed by atoms with Gasteiger partial charge in [-0.25, -0.2) is 8.42 Å². The van der Waals surface area contributed by atoms with Crippen LogP contribution in [0.4, 0.5) is 0 Å². The van der Waals surface area contributed by atoms with Crippen LogP contribution in [0.5, 0.6) is 0 Å². The summed E-state index contributed by atoms with van der Waals surface area (Å²) in [5, 5.41) is 13.0. The Labute approximate surface area is 123 Å². The van der Waals surface area contributed by atoms with Gasteiger partial charge in [0.2, 0.25) is 0 Å². The molecular weight excluding hydrogens is 276 g/mol. The molecule has 2 atom stereocenters. The summed E-state index contributed by atoms with van der Waals surface area (Å²) in [6.07, 6.45) is 2.57. The zero-order valence-corrected chi connectivity index (χ0v) is 13.9. The van der Waals surface area contributed by atoms with Gasteiger partial charge >= 0.3 is 0 Å². The lowest BCUT2D eigenvalue weighted by Gasteiger charge is -2.36. The molecule has 120 valence electrons. The summed E-state index contributed by atoms with van der Waals surface area (Å²) >= 11 is 0. The third-order valence-electron chi connectivity index (χ3n) is 4.11. The lowest BCUT2D eigenvalue weighted by Crippen LogP contribution is -2.51. The van der Waals surface area contributed by atoms with Crippen LogP contribution >= 0.6 is 0 Å². The third-order valence-corrected chi connectivity index (χ3v) is 5.83. The van der Waals surface area contributed by atoms with Crippen LogP contribution in [0.2, 0.25) is 0 Å². The molecule has 1 heterocycles. The van der Waals surface area contributed by atoms with E-state index in [1.165, 1.54) is 0 Å². The second-order valence-electron chi connectivity index (χ2n) is 6.24. The van der Waals surface area contributed by atoms with Crippen LogP contribution in [0.1, 0.15) is 40.0 Å². The molecule has 0 amide bonds. The van der Waals surface area contributed by atoms with Gasteiger partial charge in [0.25, 0.3) is 0 Å². The van der Waals surface area contributed by atoms with E-state index in [1.807, 2.05) is 6.92 Å². The van der Waals surface area contributed by atoms with Gasteiger partial charge in [-0.3, -0.25) is 4.90 Å². The van der Waals surface area contributed by atoms with Gasteiger partial charge in [-0.1, -0.05) is 6.92 Å². The van der Waals surface area contributed by atoms with Crippen molar-refractivity contribution in [3.63, 3.8) is 0 Å². The van der Waals surface area contributed by atoms with Gasteiger partial charge in [0.15, 0.2) is 9.84 Å². The molecule has 0 aliphatic carbocycles. The van der Waals surface area contributed by atoms with E-state index in [9.17, 15) is 13.5 Å². The summed E-state index contributed by atoms with van der Waals surface area (Å²) in [5.74, 6) is 0.567. The Kier molecular flexibility index (Phi) is 6.91. The average Bonchev–Trinajstić information content (AvgIpc) is 2.57. The van der Waals surface area contributed by atoms with Crippen LogP contribution in [-0.4, -0.2) is 67.8 Å². The average molecular weight is 306 g/mol. The molecule has 2 unspecified atom stereocenters. The molecule has 0 aromatic carbocycles. The first-order chi connectivity index (χ1) is 9.32. The number of aliphatic hydroxyl groups is 1. The normalized spacial score (nSPS) is 24.8. The second kappa shape index (κ2) is 7.73. The summed E-state index contributed by atoms with van der Waals surface area (Å²) in [4.78, 5) is 2.24. The molecule has 0 spiro atoms. The molecular formula is C14H30N2O3S. The van der Waals surface area contributed by atoms with Gasteiger partial charge in [0, 0.05) is 18.1 Å². The summed E-state index contributed by atoms with van der Waals surface area (Å²) in [6.45, 7) is 8.69. The molecule has 1 fully saturated rings. The van der Waals surface area contributed by atoms with E-state index in [-0.39, 0.29) is 23.9 Å². The van der Waals surface area contributed by atoms with Crippen molar-refractivity contribution < 1.29 is 13.5 Å². The van der Waals surface area contributed by atoms with Gasteiger partial charge in [0.1, 0.15) is 0 Å². The van der Waals surface area contributed by atoms with E-state index in [4.69, 9.17) is 0 Å². The van der Waals surface area contributed by atoms with Gasteiger partial charge in [-0.15, -0.1) is 0 Å². The fourth-order valence-electron chi connectivity index (χ4n) is 2.80. The predicted octanol–water partition coefficient (Wildman–Crippen LogP) is 0.636. The molecule has 0 bridgehead atoms. The molecule has 5 nitrogen and oxygen atoms in total. The lowest BCUT2D eigenvalue weighted by molar-refractivity contribution is 0.118. The first kappa shape index (κ1) is 17.9. The van der Waals surface area contributed by atoms with Crippen LogP contribution in [0.15, 0.2) is 0 Å². The Morgan fingerprint density at radius 1 is 1.35 bits per heavy atom. The van der Waals surface area contributed by atoms with Crippen LogP contribution in [0.3, 0.4) is 0 Å². The van der Waals surface area contributed by atoms with Crippen molar-refractivity contribution in [1.82, 2.24) is 10.2 Å². The number of rotatable bonds is 7. The Morgan fingerprint density at radius 2 is 2.05 bits per heavy atom. The molecule has 6 heteroatoms. The van der Waals surface area contributed by atoms with E-state index in [0.29, 0.717) is 18.7 Å². The molecule has 1 rings (SSSR count). The van der Waals surface area contributed by atoms with E-state index in [1.54, 1.807) is 0 Å². The SMILES string of the molecule is CCCNC(C)(CO)CC(C)N1CCCS(=O)(=O)CC1. The zero-order valence-electron chi connectivity index (χ0n) is 13.1. The van der Waals surface area contributed by atoms with E-state index < -0.39 is 9.84 Å². The van der Waals surface area contributed by atoms with Gasteiger partial charge in [-0.05, 0) is 46.2 Å². The highest BCUT2D eigenvalue weighted by Crippen LogP contribution is 2.18. The highest BCUT2D eigenvalue weighted by molar-refractivity contribution is 7.91. The second-order valence-corrected chi connectivity index (χ2v) is 8.54. The maximum Gasteiger partial charge on any atom is 0.151 e. The predicted molar refractivity (Wildman–Crippen MR) is 82.7 cm³/mol. The first-order valence-corrected chi connectivity index (χ1v) is 9.44. The van der Waals surface area contributed by atoms with Crippen molar-refractivity contribution in [2.75, 3.05) is 37.7 Å². The maximum atomic E-state index is 11.6. The monoisotopic (exact) mass is 306 g/mol. The summed E-state index contributed by atoms with van der Waals surface area (Å²) < 4.78 is 23.3. The van der Waals surface area contributed by atoms with Crippen molar-refractivity contribution in [2.24, 2.45) is 0 Å². The molecule has 0 saturated carbocycles. The molecule has 0 aromatic heterocycles. The topological polar surface area (TPSA) is 69.6 Å². The first-order valence-electron chi connectivity index (χ1n) is 7.62. The largest absolute Gasteiger partial charge is 0.394 e. The summed E-state index contributed by atoms with van der Waals surface area (Å²) in [5.41, 5.74) is -0.291. The van der Waals surface area contributed by atoms with Gasteiger partial charge < -0.3 is 10.4 Å². The van der Waals surface area contributed by atoms with Gasteiger partial charge in [0.05, 0.1) is 18.1 Å². The van der Waals surface area contributed by atoms with Crippen molar-refractivity contribution in [3.05, 3.63) is 0 Å². The molecule has 20 heavy (non-hydrogen) atoms. The number of nitrogens with one attached hydrogen (secondary N) is 1. The van der Waals surface area contributed by atoms with Crippen LogP contribution in [0.25, 0.3) is 0 Å². The lowest BCUT2D eigenvalue weighted by atomic mass is 9.93. The minimum atomic E-state index is -2.86. The van der Waals surface area contributed by atoms with Crippen molar-refractivity contribution in [3.8, 4) is 0 Å². The molecule has 0 aromatic rings. The Morgan fingerprint density at radius 3 is 2.65 bits per heavy atom. The fraction of sp³-hybridized carbons (Fsp3) is 1.00. The molecule has 2 N–H and O–H groups in total. The molecule has 1 aliphatic heterocycles. The van der Waals surface area contributed by atoms with Crippen LogP contribution in [-0.2, 0) is 9.84 Å². The Balaban J connectivity index is 2.58. The van der Waals surface area contributed by atoms with E-state index >= 15 is 0 Å². The number of sulfone groups is 1. The minimum Gasteiger partial charge on any atom is -0.394 e. The zero-order chi connectivity index (χ0) is 15.2. The molecule has 1 aliphatic rings. The van der Waals surface area contributed by atoms with Crippen LogP contribution in [0, 0.1) is 0 Å². The van der Waals surface area contributed by atoms with E-state index in [0.717, 1.165) is 25.9 Å². The number of hydrogen-bond donors (Lipinski definition) is 2. The quantitative estimate of drug-likeness (QED) is 0.722. The smallest absolute Gasteiger partial charge is 0.151 e. The van der Waals surface area contributed by atoms with Crippen LogP contribution < -0.4 is 5.32 Å². The third kappa shape index (κ3) is 5.68. The number of aliphatic hydroxyl groups excluding tert-OH is 1. The van der Waals surface area contributed by atoms with Gasteiger partial charge in [-0.2, -0.15) is 0 Å². The fourth-order valence-corrected chi connectivity index (χ4v) is 4.08. The standard InChI is InChI=1S/C14H30N2O3S/c1-4-6-15-14(3,12-17)11-13(2)16-7-5-9-20(18,19)10-8-16/h13,15,17H,4-12H2,1-3H3. The number of hydrogen-bond acceptors (Lipinski definition) is 5. The summed E-state index contributed by atoms with van der Waals surface area (Å²) in [7, 11) is -2.86. The minimum absolute atomic E-state index is 0.101. The molecule has 1 saturated heterocycles. The highest BCUT2D eigenvalue weighted by atomic mass is 32.2. The Hall–Kier alpha value is -0.170. The van der Waals surface area contributed by atoms with Crippen molar-refractivity contribution >= 4 is 9.84 Å². The maximum absolute atomic E-state index is 11.6. The van der Waals surface area contributed by atoms with Crippen molar-refractivity contribution in [1.29, 1.82) is 0 Å². The Bertz CT molecular complexity index is 386. The van der Waals surface area contributed by atoms with E-state index in [2.05, 4.69) is 24.1 Å². The molecule has 0 radical (unpaired) electrons. The highest BCUT2D eigenvalue weighted by Gasteiger charge is 2.29. The van der Waals surface area contributed by atoms with Crippen molar-refractivity contribution in [2.45, 2.75) is 51.6 Å². The summed E-state index contributed by atoms with van der Waals surface area (Å²) in [6, 6.07) is 0.268.